The van der Waals surface area contributed by atoms with Crippen molar-refractivity contribution in [3.63, 3.8) is 0 Å². The van der Waals surface area contributed by atoms with E-state index in [2.05, 4.69) is 31.9 Å². The van der Waals surface area contributed by atoms with Crippen LogP contribution in [-0.2, 0) is 9.59 Å². The molecular formula is C14H16BrN3O3. The van der Waals surface area contributed by atoms with Gasteiger partial charge in [-0.25, -0.2) is 4.79 Å². The Bertz CT molecular complexity index is 603. The molecule has 1 heterocycles. The minimum absolute atomic E-state index is 0.0163. The third kappa shape index (κ3) is 3.81. The molecule has 21 heavy (non-hydrogen) atoms. The molecule has 0 radical (unpaired) electrons. The smallest absolute Gasteiger partial charge is 0.321 e. The molecule has 2 unspecified atom stereocenters. The number of nitrogens with one attached hydrogen (secondary N) is 3. The Labute approximate surface area is 130 Å². The summed E-state index contributed by atoms with van der Waals surface area (Å²) in [4.78, 5) is 34.9. The molecule has 0 spiro atoms. The summed E-state index contributed by atoms with van der Waals surface area (Å²) < 4.78 is 0.962. The van der Waals surface area contributed by atoms with Crippen molar-refractivity contribution in [1.82, 2.24) is 10.6 Å². The highest BCUT2D eigenvalue weighted by molar-refractivity contribution is 9.10. The lowest BCUT2D eigenvalue weighted by Crippen LogP contribution is -2.57. The zero-order valence-corrected chi connectivity index (χ0v) is 13.3. The van der Waals surface area contributed by atoms with Gasteiger partial charge in [-0.05, 0) is 37.6 Å². The van der Waals surface area contributed by atoms with E-state index in [9.17, 15) is 14.4 Å². The third-order valence-corrected chi connectivity index (χ3v) is 4.27. The maximum absolute atomic E-state index is 12.0. The Balaban J connectivity index is 1.99. The first kappa shape index (κ1) is 15.5. The molecule has 1 aromatic carbocycles. The first-order chi connectivity index (χ1) is 9.86. The van der Waals surface area contributed by atoms with Gasteiger partial charge in [-0.15, -0.1) is 0 Å². The van der Waals surface area contributed by atoms with Gasteiger partial charge in [-0.1, -0.05) is 15.9 Å². The van der Waals surface area contributed by atoms with E-state index in [1.54, 1.807) is 13.0 Å². The molecule has 1 saturated heterocycles. The van der Waals surface area contributed by atoms with E-state index in [1.165, 1.54) is 0 Å². The van der Waals surface area contributed by atoms with Crippen LogP contribution in [0, 0.1) is 12.8 Å². The van der Waals surface area contributed by atoms with Gasteiger partial charge < -0.3 is 10.6 Å². The van der Waals surface area contributed by atoms with Gasteiger partial charge in [0.25, 0.3) is 0 Å². The summed E-state index contributed by atoms with van der Waals surface area (Å²) in [5, 5.41) is 7.52. The van der Waals surface area contributed by atoms with Crippen LogP contribution in [0.15, 0.2) is 22.7 Å². The lowest BCUT2D eigenvalue weighted by molar-refractivity contribution is -0.129. The predicted molar refractivity (Wildman–Crippen MR) is 81.8 cm³/mol. The molecule has 0 bridgehead atoms. The molecule has 1 aromatic rings. The van der Waals surface area contributed by atoms with Crippen LogP contribution in [0.25, 0.3) is 0 Å². The molecular weight excluding hydrogens is 338 g/mol. The molecule has 0 aromatic heterocycles. The standard InChI is InChI=1S/C14H16BrN3O3/c1-7-5-9(3-4-11(7)15)17-12(19)6-10-8(2)16-14(21)18-13(10)20/h3-5,8,10H,6H2,1-2H3,(H,17,19)(H2,16,18,20,21). The van der Waals surface area contributed by atoms with Crippen LogP contribution < -0.4 is 16.0 Å². The van der Waals surface area contributed by atoms with Crippen LogP contribution in [0.5, 0.6) is 0 Å². The first-order valence-corrected chi connectivity index (χ1v) is 7.33. The summed E-state index contributed by atoms with van der Waals surface area (Å²) in [5.74, 6) is -1.26. The minimum atomic E-state index is -0.570. The van der Waals surface area contributed by atoms with E-state index in [0.717, 1.165) is 10.0 Å². The molecule has 1 aliphatic rings. The second kappa shape index (κ2) is 6.26. The van der Waals surface area contributed by atoms with Crippen LogP contribution in [-0.4, -0.2) is 23.9 Å². The number of benzene rings is 1. The topological polar surface area (TPSA) is 87.3 Å². The lowest BCUT2D eigenvalue weighted by atomic mass is 9.94. The zero-order chi connectivity index (χ0) is 15.6. The summed E-state index contributed by atoms with van der Waals surface area (Å²) in [7, 11) is 0. The minimum Gasteiger partial charge on any atom is -0.335 e. The number of imide groups is 1. The van der Waals surface area contributed by atoms with E-state index >= 15 is 0 Å². The molecule has 3 N–H and O–H groups in total. The fraction of sp³-hybridized carbons (Fsp3) is 0.357. The van der Waals surface area contributed by atoms with E-state index in [4.69, 9.17) is 0 Å². The maximum Gasteiger partial charge on any atom is 0.321 e. The molecule has 0 aliphatic carbocycles. The number of rotatable bonds is 3. The second-order valence-electron chi connectivity index (χ2n) is 5.07. The zero-order valence-electron chi connectivity index (χ0n) is 11.7. The Kier molecular flexibility index (Phi) is 4.62. The Morgan fingerprint density at radius 1 is 1.38 bits per heavy atom. The first-order valence-electron chi connectivity index (χ1n) is 6.54. The summed E-state index contributed by atoms with van der Waals surface area (Å²) >= 11 is 3.39. The molecule has 2 atom stereocenters. The van der Waals surface area contributed by atoms with E-state index in [0.29, 0.717) is 5.69 Å². The SMILES string of the molecule is Cc1cc(NC(=O)CC2C(=O)NC(=O)NC2C)ccc1Br. The normalized spacial score (nSPS) is 21.5. The Hall–Kier alpha value is -1.89. The third-order valence-electron chi connectivity index (χ3n) is 3.38. The van der Waals surface area contributed by atoms with E-state index in [1.807, 2.05) is 19.1 Å². The monoisotopic (exact) mass is 353 g/mol. The number of halogens is 1. The number of hydrogen-bond donors (Lipinski definition) is 3. The Morgan fingerprint density at radius 2 is 2.10 bits per heavy atom. The molecule has 1 fully saturated rings. The van der Waals surface area contributed by atoms with Gasteiger partial charge in [0.05, 0.1) is 5.92 Å². The van der Waals surface area contributed by atoms with Crippen molar-refractivity contribution in [2.75, 3.05) is 5.32 Å². The van der Waals surface area contributed by atoms with Crippen LogP contribution in [0.2, 0.25) is 0 Å². The summed E-state index contributed by atoms with van der Waals surface area (Å²) in [5.41, 5.74) is 1.68. The van der Waals surface area contributed by atoms with Crippen molar-refractivity contribution >= 4 is 39.5 Å². The summed E-state index contributed by atoms with van der Waals surface area (Å²) in [6, 6.07) is 4.58. The molecule has 4 amide bonds. The lowest BCUT2D eigenvalue weighted by Gasteiger charge is -2.28. The van der Waals surface area contributed by atoms with Crippen molar-refractivity contribution in [3.05, 3.63) is 28.2 Å². The molecule has 7 heteroatoms. The van der Waals surface area contributed by atoms with Crippen molar-refractivity contribution in [2.45, 2.75) is 26.3 Å². The number of carbonyl (C=O) groups is 3. The van der Waals surface area contributed by atoms with Crippen molar-refractivity contribution in [2.24, 2.45) is 5.92 Å². The fourth-order valence-corrected chi connectivity index (χ4v) is 2.43. The summed E-state index contributed by atoms with van der Waals surface area (Å²) in [6.45, 7) is 3.63. The molecule has 2 rings (SSSR count). The van der Waals surface area contributed by atoms with Gasteiger partial charge in [0.1, 0.15) is 0 Å². The number of anilines is 1. The van der Waals surface area contributed by atoms with Crippen molar-refractivity contribution < 1.29 is 14.4 Å². The quantitative estimate of drug-likeness (QED) is 0.775. The van der Waals surface area contributed by atoms with Crippen LogP contribution in [0.3, 0.4) is 0 Å². The van der Waals surface area contributed by atoms with Crippen LogP contribution in [0.1, 0.15) is 18.9 Å². The maximum atomic E-state index is 12.0. The van der Waals surface area contributed by atoms with Gasteiger partial charge in [0, 0.05) is 22.6 Å². The van der Waals surface area contributed by atoms with Crippen molar-refractivity contribution in [1.29, 1.82) is 0 Å². The van der Waals surface area contributed by atoms with Gasteiger partial charge in [0.2, 0.25) is 11.8 Å². The highest BCUT2D eigenvalue weighted by Crippen LogP contribution is 2.21. The number of carbonyl (C=O) groups excluding carboxylic acids is 3. The van der Waals surface area contributed by atoms with Crippen LogP contribution >= 0.6 is 15.9 Å². The highest BCUT2D eigenvalue weighted by atomic mass is 79.9. The molecule has 0 saturated carbocycles. The number of hydrogen-bond acceptors (Lipinski definition) is 3. The van der Waals surface area contributed by atoms with Gasteiger partial charge in [-0.2, -0.15) is 0 Å². The second-order valence-corrected chi connectivity index (χ2v) is 5.93. The van der Waals surface area contributed by atoms with Gasteiger partial charge in [-0.3, -0.25) is 14.9 Å². The molecule has 1 aliphatic heterocycles. The largest absolute Gasteiger partial charge is 0.335 e. The molecule has 6 nitrogen and oxygen atoms in total. The number of aryl methyl sites for hydroxylation is 1. The number of amides is 4. The van der Waals surface area contributed by atoms with E-state index in [-0.39, 0.29) is 18.4 Å². The highest BCUT2D eigenvalue weighted by Gasteiger charge is 2.34. The molecule has 112 valence electrons. The number of urea groups is 1. The van der Waals surface area contributed by atoms with Crippen LogP contribution in [0.4, 0.5) is 10.5 Å². The van der Waals surface area contributed by atoms with E-state index < -0.39 is 17.9 Å². The predicted octanol–water partition coefficient (Wildman–Crippen LogP) is 1.93. The fourth-order valence-electron chi connectivity index (χ4n) is 2.18. The van der Waals surface area contributed by atoms with Crippen molar-refractivity contribution in [3.8, 4) is 0 Å². The van der Waals surface area contributed by atoms with Gasteiger partial charge >= 0.3 is 6.03 Å². The Morgan fingerprint density at radius 3 is 2.71 bits per heavy atom. The van der Waals surface area contributed by atoms with Gasteiger partial charge in [0.15, 0.2) is 0 Å². The summed E-state index contributed by atoms with van der Waals surface area (Å²) in [6.07, 6.45) is 0.0163. The average Bonchev–Trinajstić information content (AvgIpc) is 2.38. The average molecular weight is 354 g/mol.